The Balaban J connectivity index is 2.12. The van der Waals surface area contributed by atoms with Gasteiger partial charge in [-0.1, -0.05) is 0 Å². The third-order valence-electron chi connectivity index (χ3n) is 2.78. The van der Waals surface area contributed by atoms with E-state index in [4.69, 9.17) is 0 Å². The fourth-order valence-corrected chi connectivity index (χ4v) is 2.01. The summed E-state index contributed by atoms with van der Waals surface area (Å²) in [6.45, 7) is 3.64. The average Bonchev–Trinajstić information content (AvgIpc) is 2.87. The molecule has 78 valence electrons. The van der Waals surface area contributed by atoms with Gasteiger partial charge in [-0.3, -0.25) is 4.68 Å². The molecule has 1 saturated heterocycles. The monoisotopic (exact) mass is 197 g/mol. The summed E-state index contributed by atoms with van der Waals surface area (Å²) >= 11 is 0. The minimum absolute atomic E-state index is 0.0167. The van der Waals surface area contributed by atoms with Crippen molar-refractivity contribution in [2.75, 3.05) is 6.54 Å². The summed E-state index contributed by atoms with van der Waals surface area (Å²) in [5, 5.41) is 7.26. The molecule has 4 heteroatoms. The van der Waals surface area contributed by atoms with Crippen LogP contribution in [0.4, 0.5) is 4.39 Å². The third kappa shape index (κ3) is 1.66. The van der Waals surface area contributed by atoms with Gasteiger partial charge in [0.1, 0.15) is 0 Å². The minimum Gasteiger partial charge on any atom is -0.311 e. The summed E-state index contributed by atoms with van der Waals surface area (Å²) in [7, 11) is 0. The lowest BCUT2D eigenvalue weighted by molar-refractivity contribution is 0.255. The van der Waals surface area contributed by atoms with Crippen LogP contribution in [0.25, 0.3) is 0 Å². The second-order valence-corrected chi connectivity index (χ2v) is 3.68. The maximum absolute atomic E-state index is 14.0. The van der Waals surface area contributed by atoms with E-state index in [1.54, 1.807) is 16.9 Å². The van der Waals surface area contributed by atoms with Crippen LogP contribution in [0, 0.1) is 0 Å². The number of nitrogens with zero attached hydrogens (tertiary/aromatic N) is 2. The zero-order valence-corrected chi connectivity index (χ0v) is 8.41. The second kappa shape index (κ2) is 4.09. The van der Waals surface area contributed by atoms with Gasteiger partial charge in [-0.15, -0.1) is 0 Å². The number of hydrogen-bond donors (Lipinski definition) is 1. The van der Waals surface area contributed by atoms with Gasteiger partial charge in [-0.05, 0) is 32.4 Å². The van der Waals surface area contributed by atoms with Gasteiger partial charge in [0.15, 0.2) is 6.17 Å². The second-order valence-electron chi connectivity index (χ2n) is 3.68. The van der Waals surface area contributed by atoms with E-state index in [2.05, 4.69) is 10.4 Å². The molecule has 1 fully saturated rings. The van der Waals surface area contributed by atoms with E-state index in [-0.39, 0.29) is 6.04 Å². The van der Waals surface area contributed by atoms with Gasteiger partial charge in [0.2, 0.25) is 0 Å². The number of halogens is 1. The first-order valence-corrected chi connectivity index (χ1v) is 5.22. The highest BCUT2D eigenvalue weighted by atomic mass is 19.1. The first-order valence-electron chi connectivity index (χ1n) is 5.22. The molecule has 0 aromatic carbocycles. The first-order chi connectivity index (χ1) is 6.83. The first kappa shape index (κ1) is 9.65. The van der Waals surface area contributed by atoms with Gasteiger partial charge >= 0.3 is 0 Å². The Morgan fingerprint density at radius 3 is 3.29 bits per heavy atom. The van der Waals surface area contributed by atoms with Crippen molar-refractivity contribution in [1.82, 2.24) is 15.1 Å². The smallest absolute Gasteiger partial charge is 0.157 e. The quantitative estimate of drug-likeness (QED) is 0.798. The van der Waals surface area contributed by atoms with Crippen molar-refractivity contribution in [2.24, 2.45) is 0 Å². The molecular formula is C10H16FN3. The largest absolute Gasteiger partial charge is 0.311 e. The summed E-state index contributed by atoms with van der Waals surface area (Å²) in [6.07, 6.45) is 2.75. The van der Waals surface area contributed by atoms with Gasteiger partial charge in [0.25, 0.3) is 0 Å². The maximum atomic E-state index is 14.0. The minimum atomic E-state index is -0.917. The van der Waals surface area contributed by atoms with Gasteiger partial charge in [0.05, 0.1) is 5.69 Å². The Labute approximate surface area is 83.3 Å². The number of aryl methyl sites for hydroxylation is 1. The van der Waals surface area contributed by atoms with Crippen LogP contribution < -0.4 is 5.32 Å². The molecule has 2 rings (SSSR count). The van der Waals surface area contributed by atoms with Gasteiger partial charge in [-0.2, -0.15) is 5.10 Å². The molecule has 0 amide bonds. The highest BCUT2D eigenvalue weighted by Gasteiger charge is 2.27. The molecule has 0 aliphatic carbocycles. The van der Waals surface area contributed by atoms with Crippen LogP contribution in [-0.4, -0.2) is 22.4 Å². The molecule has 2 unspecified atom stereocenters. The van der Waals surface area contributed by atoms with E-state index in [9.17, 15) is 4.39 Å². The summed E-state index contributed by atoms with van der Waals surface area (Å²) in [4.78, 5) is 0. The lowest BCUT2D eigenvalue weighted by Crippen LogP contribution is -2.27. The van der Waals surface area contributed by atoms with Crippen molar-refractivity contribution in [3.05, 3.63) is 18.0 Å². The number of hydrogen-bond acceptors (Lipinski definition) is 2. The molecule has 1 aromatic heterocycles. The fraction of sp³-hybridized carbons (Fsp3) is 0.700. The average molecular weight is 197 g/mol. The van der Waals surface area contributed by atoms with Crippen LogP contribution in [-0.2, 0) is 6.54 Å². The van der Waals surface area contributed by atoms with Crippen molar-refractivity contribution in [2.45, 2.75) is 38.5 Å². The predicted octanol–water partition coefficient (Wildman–Crippen LogP) is 1.67. The summed E-state index contributed by atoms with van der Waals surface area (Å²) in [6, 6.07) is 1.76. The van der Waals surface area contributed by atoms with Crippen molar-refractivity contribution in [3.63, 3.8) is 0 Å². The molecule has 1 aliphatic heterocycles. The van der Waals surface area contributed by atoms with Crippen LogP contribution in [0.2, 0.25) is 0 Å². The molecule has 0 radical (unpaired) electrons. The molecule has 2 heterocycles. The molecular weight excluding hydrogens is 181 g/mol. The highest BCUT2D eigenvalue weighted by molar-refractivity contribution is 5.08. The van der Waals surface area contributed by atoms with E-state index < -0.39 is 6.17 Å². The lowest BCUT2D eigenvalue weighted by Gasteiger charge is -2.16. The molecule has 14 heavy (non-hydrogen) atoms. The van der Waals surface area contributed by atoms with Crippen LogP contribution in [0.15, 0.2) is 12.3 Å². The molecule has 1 aliphatic rings. The van der Waals surface area contributed by atoms with Gasteiger partial charge < -0.3 is 5.32 Å². The number of nitrogens with one attached hydrogen (secondary N) is 1. The van der Waals surface area contributed by atoms with Gasteiger partial charge in [0, 0.05) is 18.8 Å². The molecule has 3 nitrogen and oxygen atoms in total. The maximum Gasteiger partial charge on any atom is 0.157 e. The molecule has 1 aromatic rings. The van der Waals surface area contributed by atoms with E-state index in [0.29, 0.717) is 5.69 Å². The Morgan fingerprint density at radius 1 is 1.79 bits per heavy atom. The van der Waals surface area contributed by atoms with Crippen molar-refractivity contribution < 1.29 is 4.39 Å². The summed E-state index contributed by atoms with van der Waals surface area (Å²) < 4.78 is 15.7. The van der Waals surface area contributed by atoms with Gasteiger partial charge in [-0.25, -0.2) is 4.39 Å². The van der Waals surface area contributed by atoms with E-state index >= 15 is 0 Å². The van der Waals surface area contributed by atoms with Crippen LogP contribution >= 0.6 is 0 Å². The zero-order chi connectivity index (χ0) is 9.97. The third-order valence-corrected chi connectivity index (χ3v) is 2.78. The Kier molecular flexibility index (Phi) is 2.82. The number of aromatic nitrogens is 2. The predicted molar refractivity (Wildman–Crippen MR) is 52.8 cm³/mol. The lowest BCUT2D eigenvalue weighted by atomic mass is 10.1. The van der Waals surface area contributed by atoms with Crippen LogP contribution in [0.3, 0.4) is 0 Å². The number of rotatable bonds is 3. The molecule has 0 saturated carbocycles. The fourth-order valence-electron chi connectivity index (χ4n) is 2.01. The normalized spacial score (nSPS) is 24.0. The van der Waals surface area contributed by atoms with E-state index in [0.717, 1.165) is 25.9 Å². The van der Waals surface area contributed by atoms with E-state index in [1.165, 1.54) is 0 Å². The number of alkyl halides is 1. The van der Waals surface area contributed by atoms with Crippen LogP contribution in [0.1, 0.15) is 31.6 Å². The van der Waals surface area contributed by atoms with Crippen molar-refractivity contribution in [1.29, 1.82) is 0 Å². The topological polar surface area (TPSA) is 29.9 Å². The highest BCUT2D eigenvalue weighted by Crippen LogP contribution is 2.26. The van der Waals surface area contributed by atoms with Crippen molar-refractivity contribution in [3.8, 4) is 0 Å². The molecule has 0 bridgehead atoms. The standard InChI is InChI=1S/C10H16FN3/c1-2-14-9(5-7-13-14)10(11)8-4-3-6-12-8/h5,7-8,10,12H,2-4,6H2,1H3. The molecule has 2 atom stereocenters. The summed E-state index contributed by atoms with van der Waals surface area (Å²) in [5.74, 6) is 0. The zero-order valence-electron chi connectivity index (χ0n) is 8.41. The SMILES string of the molecule is CCn1nccc1C(F)C1CCCN1. The van der Waals surface area contributed by atoms with E-state index in [1.807, 2.05) is 6.92 Å². The Morgan fingerprint density at radius 2 is 2.64 bits per heavy atom. The Hall–Kier alpha value is -0.900. The molecule has 1 N–H and O–H groups in total. The van der Waals surface area contributed by atoms with Crippen LogP contribution in [0.5, 0.6) is 0 Å². The molecule has 0 spiro atoms. The summed E-state index contributed by atoms with van der Waals surface area (Å²) in [5.41, 5.74) is 0.701. The Bertz CT molecular complexity index is 291. The van der Waals surface area contributed by atoms with Crippen molar-refractivity contribution >= 4 is 0 Å².